The zero-order valence-electron chi connectivity index (χ0n) is 12.0. The van der Waals surface area contributed by atoms with Crippen LogP contribution in [-0.4, -0.2) is 16.6 Å². The molecule has 2 rings (SSSR count). The molecule has 0 saturated heterocycles. The molecule has 2 N–H and O–H groups in total. The van der Waals surface area contributed by atoms with Gasteiger partial charge in [-0.05, 0) is 38.4 Å². The number of nitrogens with zero attached hydrogens (tertiary/aromatic N) is 4. The highest BCUT2D eigenvalue weighted by Crippen LogP contribution is 2.30. The normalized spacial score (nSPS) is 11.2. The SMILES string of the molecule is CC(C)(C)OC(=O)c1nc2c(CN=[N+]=[N-])c(N)ccc2s1. The molecule has 0 saturated carbocycles. The Hall–Kier alpha value is -2.31. The lowest BCUT2D eigenvalue weighted by Gasteiger charge is -2.18. The summed E-state index contributed by atoms with van der Waals surface area (Å²) >= 11 is 1.23. The molecule has 1 aromatic carbocycles. The smallest absolute Gasteiger partial charge is 0.367 e. The van der Waals surface area contributed by atoms with Gasteiger partial charge in [0.05, 0.1) is 16.8 Å². The fourth-order valence-corrected chi connectivity index (χ4v) is 2.61. The molecule has 7 nitrogen and oxygen atoms in total. The number of benzene rings is 1. The molecular weight excluding hydrogens is 290 g/mol. The van der Waals surface area contributed by atoms with Gasteiger partial charge in [0.1, 0.15) is 5.60 Å². The number of ether oxygens (including phenoxy) is 1. The van der Waals surface area contributed by atoms with Crippen molar-refractivity contribution in [3.8, 4) is 0 Å². The fourth-order valence-electron chi connectivity index (χ4n) is 1.74. The van der Waals surface area contributed by atoms with Crippen molar-refractivity contribution in [2.45, 2.75) is 32.9 Å². The number of rotatable bonds is 3. The van der Waals surface area contributed by atoms with Gasteiger partial charge in [-0.15, -0.1) is 11.3 Å². The minimum Gasteiger partial charge on any atom is -0.455 e. The number of hydrogen-bond acceptors (Lipinski definition) is 6. The largest absolute Gasteiger partial charge is 0.455 e. The molecule has 0 atom stereocenters. The lowest BCUT2D eigenvalue weighted by Crippen LogP contribution is -2.23. The first kappa shape index (κ1) is 15.1. The molecule has 21 heavy (non-hydrogen) atoms. The Bertz CT molecular complexity index is 741. The molecule has 0 aliphatic heterocycles. The van der Waals surface area contributed by atoms with E-state index < -0.39 is 11.6 Å². The molecule has 2 aromatic rings. The van der Waals surface area contributed by atoms with Gasteiger partial charge in [-0.25, -0.2) is 9.78 Å². The number of thiazole rings is 1. The summed E-state index contributed by atoms with van der Waals surface area (Å²) in [5, 5.41) is 3.77. The molecule has 110 valence electrons. The maximum absolute atomic E-state index is 12.1. The van der Waals surface area contributed by atoms with Crippen molar-refractivity contribution in [2.75, 3.05) is 5.73 Å². The van der Waals surface area contributed by atoms with Gasteiger partial charge in [0.25, 0.3) is 0 Å². The number of nitrogen functional groups attached to an aromatic ring is 1. The zero-order chi connectivity index (χ0) is 15.6. The number of hydrogen-bond donors (Lipinski definition) is 1. The maximum Gasteiger partial charge on any atom is 0.367 e. The Morgan fingerprint density at radius 3 is 2.86 bits per heavy atom. The van der Waals surface area contributed by atoms with Gasteiger partial charge in [-0.2, -0.15) is 0 Å². The van der Waals surface area contributed by atoms with Gasteiger partial charge in [-0.3, -0.25) is 0 Å². The van der Waals surface area contributed by atoms with E-state index in [1.54, 1.807) is 32.9 Å². The van der Waals surface area contributed by atoms with Crippen LogP contribution in [0.15, 0.2) is 17.2 Å². The van der Waals surface area contributed by atoms with Gasteiger partial charge in [0.15, 0.2) is 0 Å². The predicted molar refractivity (Wildman–Crippen MR) is 82.1 cm³/mol. The Morgan fingerprint density at radius 2 is 2.24 bits per heavy atom. The molecule has 0 bridgehead atoms. The van der Waals surface area contributed by atoms with Gasteiger partial charge >= 0.3 is 5.97 Å². The van der Waals surface area contributed by atoms with E-state index in [-0.39, 0.29) is 11.6 Å². The van der Waals surface area contributed by atoms with E-state index in [0.717, 1.165) is 4.70 Å². The van der Waals surface area contributed by atoms with Crippen LogP contribution in [0, 0.1) is 0 Å². The molecule has 8 heteroatoms. The first-order valence-electron chi connectivity index (χ1n) is 6.24. The predicted octanol–water partition coefficient (Wildman–Crippen LogP) is 3.64. The second-order valence-electron chi connectivity index (χ2n) is 5.39. The number of carbonyl (C=O) groups is 1. The Balaban J connectivity index is 2.46. The van der Waals surface area contributed by atoms with Crippen LogP contribution in [0.4, 0.5) is 5.69 Å². The van der Waals surface area contributed by atoms with Crippen LogP contribution < -0.4 is 5.73 Å². The quantitative estimate of drug-likeness (QED) is 0.306. The summed E-state index contributed by atoms with van der Waals surface area (Å²) in [7, 11) is 0. The number of nitrogens with two attached hydrogens (primary N) is 1. The van der Waals surface area contributed by atoms with Crippen molar-refractivity contribution < 1.29 is 9.53 Å². The van der Waals surface area contributed by atoms with Crippen LogP contribution in [0.25, 0.3) is 20.7 Å². The summed E-state index contributed by atoms with van der Waals surface area (Å²) in [5.74, 6) is -0.475. The Labute approximate surface area is 125 Å². The van der Waals surface area contributed by atoms with Crippen LogP contribution in [0.1, 0.15) is 36.1 Å². The lowest BCUT2D eigenvalue weighted by molar-refractivity contribution is 0.00695. The maximum atomic E-state index is 12.1. The number of carbonyl (C=O) groups excluding carboxylic acids is 1. The molecule has 0 amide bonds. The van der Waals surface area contributed by atoms with Gasteiger partial charge in [0, 0.05) is 16.2 Å². The van der Waals surface area contributed by atoms with Crippen molar-refractivity contribution in [2.24, 2.45) is 5.11 Å². The van der Waals surface area contributed by atoms with Gasteiger partial charge in [0.2, 0.25) is 5.01 Å². The van der Waals surface area contributed by atoms with E-state index in [2.05, 4.69) is 15.0 Å². The average molecular weight is 305 g/mol. The minimum atomic E-state index is -0.581. The highest BCUT2D eigenvalue weighted by atomic mass is 32.1. The topological polar surface area (TPSA) is 114 Å². The third-order valence-corrected chi connectivity index (χ3v) is 3.57. The number of fused-ring (bicyclic) bond motifs is 1. The van der Waals surface area contributed by atoms with Crippen molar-refractivity contribution in [1.29, 1.82) is 0 Å². The second kappa shape index (κ2) is 5.59. The van der Waals surface area contributed by atoms with Crippen LogP contribution in [0.3, 0.4) is 0 Å². The van der Waals surface area contributed by atoms with Gasteiger partial charge in [-0.1, -0.05) is 5.11 Å². The van der Waals surface area contributed by atoms with Crippen LogP contribution in [0.2, 0.25) is 0 Å². The highest BCUT2D eigenvalue weighted by molar-refractivity contribution is 7.20. The summed E-state index contributed by atoms with van der Waals surface area (Å²) < 4.78 is 6.10. The number of aromatic nitrogens is 1. The van der Waals surface area contributed by atoms with E-state index in [1.807, 2.05) is 0 Å². The zero-order valence-corrected chi connectivity index (χ0v) is 12.8. The summed E-state index contributed by atoms with van der Waals surface area (Å²) in [4.78, 5) is 19.1. The van der Waals surface area contributed by atoms with E-state index in [1.165, 1.54) is 11.3 Å². The molecule has 0 spiro atoms. The fraction of sp³-hybridized carbons (Fsp3) is 0.385. The minimum absolute atomic E-state index is 0.0944. The number of anilines is 1. The van der Waals surface area contributed by atoms with Crippen molar-refractivity contribution in [1.82, 2.24) is 4.98 Å². The molecular formula is C13H15N5O2S. The summed E-state index contributed by atoms with van der Waals surface area (Å²) in [6, 6.07) is 3.50. The molecule has 1 heterocycles. The van der Waals surface area contributed by atoms with Crippen molar-refractivity contribution in [3.63, 3.8) is 0 Å². The van der Waals surface area contributed by atoms with Crippen molar-refractivity contribution in [3.05, 3.63) is 33.1 Å². The Kier molecular flexibility index (Phi) is 4.02. The number of azide groups is 1. The number of esters is 1. The van der Waals surface area contributed by atoms with E-state index in [0.29, 0.717) is 16.8 Å². The molecule has 1 aromatic heterocycles. The van der Waals surface area contributed by atoms with Crippen molar-refractivity contribution >= 4 is 33.2 Å². The monoisotopic (exact) mass is 305 g/mol. The molecule has 0 aliphatic carbocycles. The third-order valence-electron chi connectivity index (χ3n) is 2.57. The molecule has 0 aliphatic rings. The standard InChI is InChI=1S/C13H15N5O2S/c1-13(2,3)20-12(19)11-17-10-7(6-16-18-15)8(14)4-5-9(10)21-11/h4-5H,6,14H2,1-3H3. The summed E-state index contributed by atoms with van der Waals surface area (Å²) in [5.41, 5.74) is 15.4. The molecule has 0 radical (unpaired) electrons. The first-order chi connectivity index (χ1) is 9.81. The van der Waals surface area contributed by atoms with Crippen LogP contribution in [0.5, 0.6) is 0 Å². The van der Waals surface area contributed by atoms with Crippen LogP contribution in [-0.2, 0) is 11.3 Å². The third kappa shape index (κ3) is 3.42. The van der Waals surface area contributed by atoms with E-state index in [4.69, 9.17) is 16.0 Å². The molecule has 0 unspecified atom stereocenters. The lowest BCUT2D eigenvalue weighted by atomic mass is 10.1. The average Bonchev–Trinajstić information content (AvgIpc) is 2.80. The summed E-state index contributed by atoms with van der Waals surface area (Å²) in [6.45, 7) is 5.48. The van der Waals surface area contributed by atoms with E-state index in [9.17, 15) is 4.79 Å². The van der Waals surface area contributed by atoms with Crippen LogP contribution >= 0.6 is 11.3 Å². The van der Waals surface area contributed by atoms with Gasteiger partial charge < -0.3 is 10.5 Å². The first-order valence-corrected chi connectivity index (χ1v) is 7.05. The van der Waals surface area contributed by atoms with E-state index >= 15 is 0 Å². The highest BCUT2D eigenvalue weighted by Gasteiger charge is 2.22. The summed E-state index contributed by atoms with van der Waals surface area (Å²) in [6.07, 6.45) is 0. The Morgan fingerprint density at radius 1 is 1.52 bits per heavy atom. The molecule has 0 fully saturated rings. The second-order valence-corrected chi connectivity index (χ2v) is 6.42.